The van der Waals surface area contributed by atoms with Gasteiger partial charge in [0.1, 0.15) is 5.15 Å². The van der Waals surface area contributed by atoms with Crippen LogP contribution in [0.4, 0.5) is 4.39 Å². The Kier molecular flexibility index (Phi) is 7.07. The summed E-state index contributed by atoms with van der Waals surface area (Å²) in [5.41, 5.74) is 2.70. The van der Waals surface area contributed by atoms with Crippen LogP contribution in [0.25, 0.3) is 11.1 Å². The number of nitrogens with zero attached hydrogens (tertiary/aromatic N) is 1. The van der Waals surface area contributed by atoms with Crippen LogP contribution in [0.1, 0.15) is 63.9 Å². The van der Waals surface area contributed by atoms with Gasteiger partial charge in [-0.25, -0.2) is 4.98 Å². The number of aryl methyl sites for hydroxylation is 1. The highest BCUT2D eigenvalue weighted by Gasteiger charge is 2.20. The first-order valence-corrected chi connectivity index (χ1v) is 10.4. The highest BCUT2D eigenvalue weighted by molar-refractivity contribution is 6.29. The molecule has 1 saturated carbocycles. The third kappa shape index (κ3) is 5.30. The lowest BCUT2D eigenvalue weighted by Gasteiger charge is -2.28. The van der Waals surface area contributed by atoms with Gasteiger partial charge in [-0.3, -0.25) is 0 Å². The largest absolute Gasteiger partial charge is 0.222 e. The van der Waals surface area contributed by atoms with Crippen LogP contribution in [0.5, 0.6) is 0 Å². The van der Waals surface area contributed by atoms with Gasteiger partial charge in [0.05, 0.1) is 0 Å². The average molecular weight is 374 g/mol. The van der Waals surface area contributed by atoms with Gasteiger partial charge in [-0.2, -0.15) is 4.39 Å². The van der Waals surface area contributed by atoms with Gasteiger partial charge in [-0.15, -0.1) is 0 Å². The topological polar surface area (TPSA) is 12.9 Å². The molecule has 1 aliphatic rings. The molecule has 26 heavy (non-hydrogen) atoms. The Morgan fingerprint density at radius 2 is 1.62 bits per heavy atom. The molecule has 0 atom stereocenters. The SMILES string of the molecule is CCCCC1CCC(CCc2ccc(-c3ccc(Cl)nc3F)cc2)CC1. The van der Waals surface area contributed by atoms with Crippen molar-refractivity contribution in [2.75, 3.05) is 0 Å². The van der Waals surface area contributed by atoms with Gasteiger partial charge < -0.3 is 0 Å². The molecule has 0 amide bonds. The highest BCUT2D eigenvalue weighted by Crippen LogP contribution is 2.34. The molecule has 0 unspecified atom stereocenters. The summed E-state index contributed by atoms with van der Waals surface area (Å²) in [5.74, 6) is 1.35. The molecule has 0 spiro atoms. The third-order valence-corrected chi connectivity index (χ3v) is 6.06. The standard InChI is InChI=1S/C23H29ClFN/c1-2-3-4-17-5-7-18(8-6-17)9-10-19-11-13-20(14-12-19)21-15-16-22(24)26-23(21)25/h11-18H,2-10H2,1H3. The fraction of sp³-hybridized carbons (Fsp3) is 0.522. The molecule has 0 N–H and O–H groups in total. The molecule has 3 heteroatoms. The first-order valence-electron chi connectivity index (χ1n) is 10.1. The van der Waals surface area contributed by atoms with Crippen LogP contribution in [-0.2, 0) is 6.42 Å². The number of hydrogen-bond acceptors (Lipinski definition) is 1. The van der Waals surface area contributed by atoms with E-state index < -0.39 is 5.95 Å². The summed E-state index contributed by atoms with van der Waals surface area (Å²) in [7, 11) is 0. The van der Waals surface area contributed by atoms with E-state index in [1.807, 2.05) is 12.1 Å². The zero-order valence-electron chi connectivity index (χ0n) is 15.7. The van der Waals surface area contributed by atoms with Crippen molar-refractivity contribution in [3.05, 3.63) is 53.1 Å². The van der Waals surface area contributed by atoms with Gasteiger partial charge in [0.15, 0.2) is 0 Å². The predicted octanol–water partition coefficient (Wildman–Crippen LogP) is 7.47. The summed E-state index contributed by atoms with van der Waals surface area (Å²) in [6, 6.07) is 11.5. The first-order chi connectivity index (χ1) is 12.7. The van der Waals surface area contributed by atoms with Crippen molar-refractivity contribution in [3.63, 3.8) is 0 Å². The normalized spacial score (nSPS) is 20.3. The second-order valence-electron chi connectivity index (χ2n) is 7.74. The zero-order valence-corrected chi connectivity index (χ0v) is 16.4. The molecule has 1 heterocycles. The van der Waals surface area contributed by atoms with Gasteiger partial charge >= 0.3 is 0 Å². The third-order valence-electron chi connectivity index (χ3n) is 5.85. The number of rotatable bonds is 7. The number of unbranched alkanes of at least 4 members (excludes halogenated alkanes) is 1. The lowest BCUT2D eigenvalue weighted by atomic mass is 9.78. The minimum Gasteiger partial charge on any atom is -0.207 e. The van der Waals surface area contributed by atoms with Crippen LogP contribution in [0.3, 0.4) is 0 Å². The fourth-order valence-electron chi connectivity index (χ4n) is 4.15. The van der Waals surface area contributed by atoms with Gasteiger partial charge in [0, 0.05) is 5.56 Å². The van der Waals surface area contributed by atoms with E-state index >= 15 is 0 Å². The van der Waals surface area contributed by atoms with E-state index in [0.717, 1.165) is 23.8 Å². The molecule has 0 bridgehead atoms. The van der Waals surface area contributed by atoms with E-state index in [1.165, 1.54) is 56.9 Å². The maximum atomic E-state index is 13.9. The van der Waals surface area contributed by atoms with Crippen LogP contribution in [-0.4, -0.2) is 4.98 Å². The molecule has 1 nitrogen and oxygen atoms in total. The minimum absolute atomic E-state index is 0.187. The molecular formula is C23H29ClFN. The molecule has 0 saturated heterocycles. The van der Waals surface area contributed by atoms with E-state index in [9.17, 15) is 4.39 Å². The van der Waals surface area contributed by atoms with Crippen molar-refractivity contribution >= 4 is 11.6 Å². The molecule has 0 radical (unpaired) electrons. The van der Waals surface area contributed by atoms with E-state index in [1.54, 1.807) is 12.1 Å². The quantitative estimate of drug-likeness (QED) is 0.458. The Morgan fingerprint density at radius 3 is 2.23 bits per heavy atom. The second kappa shape index (κ2) is 9.50. The average Bonchev–Trinajstić information content (AvgIpc) is 2.66. The molecule has 1 aromatic carbocycles. The molecule has 140 valence electrons. The van der Waals surface area contributed by atoms with E-state index in [4.69, 9.17) is 11.6 Å². The summed E-state index contributed by atoms with van der Waals surface area (Å²) in [5, 5.41) is 0.187. The number of halogens is 2. The Labute approximate surface area is 162 Å². The predicted molar refractivity (Wildman–Crippen MR) is 108 cm³/mol. The van der Waals surface area contributed by atoms with Crippen LogP contribution < -0.4 is 0 Å². The van der Waals surface area contributed by atoms with E-state index in [2.05, 4.69) is 24.0 Å². The van der Waals surface area contributed by atoms with Gasteiger partial charge in [-0.1, -0.05) is 87.7 Å². The maximum Gasteiger partial charge on any atom is 0.222 e. The number of aromatic nitrogens is 1. The van der Waals surface area contributed by atoms with E-state index in [0.29, 0.717) is 5.56 Å². The first kappa shape index (κ1) is 19.4. The van der Waals surface area contributed by atoms with Crippen LogP contribution in [0.2, 0.25) is 5.15 Å². The van der Waals surface area contributed by atoms with Gasteiger partial charge in [0.2, 0.25) is 5.95 Å². The Bertz CT molecular complexity index is 690. The van der Waals surface area contributed by atoms with Gasteiger partial charge in [-0.05, 0) is 47.9 Å². The summed E-state index contributed by atoms with van der Waals surface area (Å²) >= 11 is 5.73. The molecule has 1 fully saturated rings. The molecule has 1 aromatic heterocycles. The van der Waals surface area contributed by atoms with Crippen molar-refractivity contribution in [3.8, 4) is 11.1 Å². The molecule has 0 aliphatic heterocycles. The molecule has 1 aliphatic carbocycles. The van der Waals surface area contributed by atoms with Crippen molar-refractivity contribution in [2.45, 2.75) is 64.7 Å². The number of hydrogen-bond donors (Lipinski definition) is 0. The monoisotopic (exact) mass is 373 g/mol. The van der Waals surface area contributed by atoms with Crippen LogP contribution in [0.15, 0.2) is 36.4 Å². The molecule has 3 rings (SSSR count). The number of pyridine rings is 1. The fourth-order valence-corrected chi connectivity index (χ4v) is 4.29. The lowest BCUT2D eigenvalue weighted by Crippen LogP contribution is -2.15. The van der Waals surface area contributed by atoms with Crippen molar-refractivity contribution < 1.29 is 4.39 Å². The smallest absolute Gasteiger partial charge is 0.207 e. The Hall–Kier alpha value is -1.41. The lowest BCUT2D eigenvalue weighted by molar-refractivity contribution is 0.250. The van der Waals surface area contributed by atoms with Crippen molar-refractivity contribution in [2.24, 2.45) is 11.8 Å². The minimum atomic E-state index is -0.509. The van der Waals surface area contributed by atoms with E-state index in [-0.39, 0.29) is 5.15 Å². The summed E-state index contributed by atoms with van der Waals surface area (Å²) in [6.07, 6.45) is 12.2. The second-order valence-corrected chi connectivity index (χ2v) is 8.12. The summed E-state index contributed by atoms with van der Waals surface area (Å²) < 4.78 is 13.9. The number of benzene rings is 1. The maximum absolute atomic E-state index is 13.9. The Balaban J connectivity index is 1.49. The van der Waals surface area contributed by atoms with Gasteiger partial charge in [0.25, 0.3) is 0 Å². The summed E-state index contributed by atoms with van der Waals surface area (Å²) in [6.45, 7) is 2.29. The highest BCUT2D eigenvalue weighted by atomic mass is 35.5. The van der Waals surface area contributed by atoms with Crippen molar-refractivity contribution in [1.29, 1.82) is 0 Å². The summed E-state index contributed by atoms with van der Waals surface area (Å²) in [4.78, 5) is 3.69. The zero-order chi connectivity index (χ0) is 18.4. The van der Waals surface area contributed by atoms with Crippen molar-refractivity contribution in [1.82, 2.24) is 4.98 Å². The van der Waals surface area contributed by atoms with Crippen LogP contribution in [0, 0.1) is 17.8 Å². The Morgan fingerprint density at radius 1 is 0.962 bits per heavy atom. The van der Waals surface area contributed by atoms with Crippen LogP contribution >= 0.6 is 11.6 Å². The molecular weight excluding hydrogens is 345 g/mol. The molecule has 2 aromatic rings.